The van der Waals surface area contributed by atoms with E-state index in [0.717, 1.165) is 15.7 Å². The Labute approximate surface area is 115 Å². The average molecular weight is 361 g/mol. The van der Waals surface area contributed by atoms with Crippen molar-refractivity contribution in [3.8, 4) is 17.3 Å². The number of hydrogen-bond donors (Lipinski definition) is 0. The van der Waals surface area contributed by atoms with Crippen molar-refractivity contribution in [3.05, 3.63) is 52.6 Å². The first kappa shape index (κ1) is 13.0. The van der Waals surface area contributed by atoms with E-state index in [0.29, 0.717) is 5.69 Å². The van der Waals surface area contributed by atoms with E-state index < -0.39 is 0 Å². The quantitative estimate of drug-likeness (QED) is 0.578. The number of halogens is 1. The fraction of sp³-hybridized carbons (Fsp3) is 0. The van der Waals surface area contributed by atoms with Crippen LogP contribution in [0.1, 0.15) is 5.69 Å². The monoisotopic (exact) mass is 360 g/mol. The molecule has 0 saturated carbocycles. The molecule has 0 aliphatic carbocycles. The van der Waals surface area contributed by atoms with E-state index in [9.17, 15) is 0 Å². The van der Waals surface area contributed by atoms with Crippen molar-refractivity contribution >= 4 is 15.9 Å². The number of hydrogen-bond acceptors (Lipinski definition) is 2. The van der Waals surface area contributed by atoms with Crippen LogP contribution in [0.25, 0.3) is 11.3 Å². The summed E-state index contributed by atoms with van der Waals surface area (Å²) in [7, 11) is 0. The maximum atomic E-state index is 8.73. The van der Waals surface area contributed by atoms with Crippen LogP contribution in [0.3, 0.4) is 0 Å². The summed E-state index contributed by atoms with van der Waals surface area (Å²) < 4.78 is 0.973. The minimum atomic E-state index is 0. The van der Waals surface area contributed by atoms with Crippen molar-refractivity contribution in [2.75, 3.05) is 0 Å². The molecule has 2 aromatic rings. The van der Waals surface area contributed by atoms with E-state index in [1.807, 2.05) is 36.4 Å². The van der Waals surface area contributed by atoms with Gasteiger partial charge in [-0.25, -0.2) is 0 Å². The van der Waals surface area contributed by atoms with E-state index in [2.05, 4.69) is 27.0 Å². The van der Waals surface area contributed by atoms with E-state index >= 15 is 0 Å². The summed E-state index contributed by atoms with van der Waals surface area (Å²) in [5.74, 6) is 0. The average Bonchev–Trinajstić information content (AvgIpc) is 2.29. The zero-order valence-electron chi connectivity index (χ0n) is 8.07. The molecule has 0 saturated heterocycles. The molecule has 0 aliphatic heterocycles. The van der Waals surface area contributed by atoms with Gasteiger partial charge in [-0.2, -0.15) is 5.26 Å². The number of nitriles is 1. The van der Waals surface area contributed by atoms with Crippen molar-refractivity contribution in [3.63, 3.8) is 0 Å². The Balaban J connectivity index is 0.00000128. The smallest absolute Gasteiger partial charge is 0.130 e. The van der Waals surface area contributed by atoms with E-state index in [-0.39, 0.29) is 19.5 Å². The molecular formula is C12H6BrN2Rh-. The Hall–Kier alpha value is -1.04. The molecule has 1 radical (unpaired) electrons. The van der Waals surface area contributed by atoms with Crippen molar-refractivity contribution < 1.29 is 19.5 Å². The summed E-state index contributed by atoms with van der Waals surface area (Å²) in [6.45, 7) is 0. The Morgan fingerprint density at radius 2 is 2.12 bits per heavy atom. The number of aromatic nitrogens is 1. The largest absolute Gasteiger partial charge is 0.286 e. The molecule has 0 atom stereocenters. The van der Waals surface area contributed by atoms with Gasteiger partial charge in [0.05, 0.1) is 0 Å². The molecular weight excluding hydrogens is 355 g/mol. The number of nitrogens with zero attached hydrogens (tertiary/aromatic N) is 2. The summed E-state index contributed by atoms with van der Waals surface area (Å²) in [6, 6.07) is 16.1. The molecule has 0 spiro atoms. The maximum absolute atomic E-state index is 8.73. The minimum Gasteiger partial charge on any atom is -0.286 e. The standard InChI is InChI=1S/C12H6BrN2.Rh/c13-10-4-1-3-9(7-10)12-6-2-5-11(8-14)15-12;/h1-2,4-7H;/q-1;. The first-order valence-corrected chi connectivity index (χ1v) is 5.13. The van der Waals surface area contributed by atoms with Gasteiger partial charge in [0, 0.05) is 19.5 Å². The fourth-order valence-electron chi connectivity index (χ4n) is 1.23. The van der Waals surface area contributed by atoms with Gasteiger partial charge in [-0.05, 0) is 11.8 Å². The topological polar surface area (TPSA) is 36.7 Å². The Morgan fingerprint density at radius 1 is 1.31 bits per heavy atom. The summed E-state index contributed by atoms with van der Waals surface area (Å²) in [4.78, 5) is 4.19. The van der Waals surface area contributed by atoms with Crippen molar-refractivity contribution in [2.24, 2.45) is 0 Å². The molecule has 1 aromatic heterocycles. The van der Waals surface area contributed by atoms with Crippen LogP contribution in [0, 0.1) is 17.4 Å². The molecule has 1 heterocycles. The maximum Gasteiger partial charge on any atom is 0.130 e. The molecule has 81 valence electrons. The van der Waals surface area contributed by atoms with Crippen molar-refractivity contribution in [1.82, 2.24) is 4.98 Å². The van der Waals surface area contributed by atoms with E-state index in [4.69, 9.17) is 5.26 Å². The number of benzene rings is 1. The summed E-state index contributed by atoms with van der Waals surface area (Å²) >= 11 is 3.38. The van der Waals surface area contributed by atoms with E-state index in [1.54, 1.807) is 6.07 Å². The van der Waals surface area contributed by atoms with Gasteiger partial charge < -0.3 is 0 Å². The van der Waals surface area contributed by atoms with Crippen molar-refractivity contribution in [2.45, 2.75) is 0 Å². The molecule has 0 fully saturated rings. The van der Waals surface area contributed by atoms with Crippen LogP contribution < -0.4 is 0 Å². The van der Waals surface area contributed by atoms with E-state index in [1.165, 1.54) is 0 Å². The Kier molecular flexibility index (Phi) is 4.80. The molecule has 4 heteroatoms. The molecule has 1 aromatic carbocycles. The zero-order chi connectivity index (χ0) is 10.7. The van der Waals surface area contributed by atoms with Crippen LogP contribution in [-0.2, 0) is 19.5 Å². The molecule has 16 heavy (non-hydrogen) atoms. The van der Waals surface area contributed by atoms with Gasteiger partial charge in [0.15, 0.2) is 0 Å². The minimum absolute atomic E-state index is 0. The summed E-state index contributed by atoms with van der Waals surface area (Å²) in [5, 5.41) is 8.73. The molecule has 2 rings (SSSR count). The van der Waals surface area contributed by atoms with Crippen LogP contribution >= 0.6 is 15.9 Å². The predicted octanol–water partition coefficient (Wildman–Crippen LogP) is 3.18. The van der Waals surface area contributed by atoms with Gasteiger partial charge >= 0.3 is 0 Å². The Morgan fingerprint density at radius 3 is 2.81 bits per heavy atom. The third kappa shape index (κ3) is 2.98. The summed E-state index contributed by atoms with van der Waals surface area (Å²) in [5.41, 5.74) is 2.05. The molecule has 0 unspecified atom stereocenters. The van der Waals surface area contributed by atoms with Gasteiger partial charge in [0.1, 0.15) is 11.8 Å². The van der Waals surface area contributed by atoms with Gasteiger partial charge in [-0.3, -0.25) is 4.98 Å². The zero-order valence-corrected chi connectivity index (χ0v) is 11.3. The van der Waals surface area contributed by atoms with Gasteiger partial charge in [-0.1, -0.05) is 32.5 Å². The number of rotatable bonds is 1. The van der Waals surface area contributed by atoms with Crippen LogP contribution in [0.4, 0.5) is 0 Å². The van der Waals surface area contributed by atoms with Crippen molar-refractivity contribution in [1.29, 1.82) is 5.26 Å². The predicted molar refractivity (Wildman–Crippen MR) is 60.9 cm³/mol. The van der Waals surface area contributed by atoms with Crippen LogP contribution in [-0.4, -0.2) is 4.98 Å². The van der Waals surface area contributed by atoms with Crippen LogP contribution in [0.5, 0.6) is 0 Å². The molecule has 0 aliphatic rings. The third-order valence-corrected chi connectivity index (χ3v) is 2.40. The molecule has 0 bridgehead atoms. The second-order valence-corrected chi connectivity index (χ2v) is 3.86. The SMILES string of the molecule is N#Cc1cccc(-c2[c-]ccc(Br)c2)n1.[Rh]. The first-order valence-electron chi connectivity index (χ1n) is 4.34. The van der Waals surface area contributed by atoms with Gasteiger partial charge in [0.25, 0.3) is 0 Å². The first-order chi connectivity index (χ1) is 7.29. The Bertz CT molecular complexity index is 535. The number of pyridine rings is 1. The summed E-state index contributed by atoms with van der Waals surface area (Å²) in [6.07, 6.45) is 0. The van der Waals surface area contributed by atoms with Crippen LogP contribution in [0.15, 0.2) is 40.9 Å². The normalized spacial score (nSPS) is 9.00. The third-order valence-electron chi connectivity index (χ3n) is 1.90. The fourth-order valence-corrected chi connectivity index (χ4v) is 1.59. The molecule has 2 nitrogen and oxygen atoms in total. The molecule has 0 amide bonds. The van der Waals surface area contributed by atoms with Gasteiger partial charge in [-0.15, -0.1) is 29.8 Å². The van der Waals surface area contributed by atoms with Gasteiger partial charge in [0.2, 0.25) is 0 Å². The second-order valence-electron chi connectivity index (χ2n) is 2.94. The second kappa shape index (κ2) is 5.89. The molecule has 0 N–H and O–H groups in total. The van der Waals surface area contributed by atoms with Crippen LogP contribution in [0.2, 0.25) is 0 Å².